The fraction of sp³-hybridized carbons (Fsp3) is 1.00. The highest BCUT2D eigenvalue weighted by molar-refractivity contribution is 5.09. The van der Waals surface area contributed by atoms with Gasteiger partial charge in [0.25, 0.3) is 0 Å². The molecule has 28 heavy (non-hydrogen) atoms. The molecular formula is C28H54. The summed E-state index contributed by atoms with van der Waals surface area (Å²) in [5.74, 6) is 6.30. The van der Waals surface area contributed by atoms with E-state index in [1.807, 2.05) is 27.7 Å². The van der Waals surface area contributed by atoms with Crippen LogP contribution in [0.25, 0.3) is 0 Å². The largest absolute Gasteiger partial charge is 0.0683 e. The molecule has 0 aromatic rings. The molecule has 166 valence electrons. The fourth-order valence-electron chi connectivity index (χ4n) is 8.93. The van der Waals surface area contributed by atoms with Gasteiger partial charge in [-0.3, -0.25) is 0 Å². The zero-order valence-electron chi connectivity index (χ0n) is 20.9. The highest BCUT2D eigenvalue weighted by Gasteiger charge is 2.59. The number of rotatable bonds is 3. The number of hydrogen-bond donors (Lipinski definition) is 0. The summed E-state index contributed by atoms with van der Waals surface area (Å²) >= 11 is 0. The van der Waals surface area contributed by atoms with Crippen LogP contribution < -0.4 is 0 Å². The summed E-state index contributed by atoms with van der Waals surface area (Å²) in [5.41, 5.74) is 1.41. The Bertz CT molecular complexity index is 453. The van der Waals surface area contributed by atoms with Crippen molar-refractivity contribution in [2.24, 2.45) is 46.3 Å². The molecule has 8 atom stereocenters. The first kappa shape index (κ1) is 24.3. The van der Waals surface area contributed by atoms with Gasteiger partial charge in [-0.1, -0.05) is 81.1 Å². The summed E-state index contributed by atoms with van der Waals surface area (Å²) in [6.07, 6.45) is 18.4. The Labute approximate surface area is 179 Å². The second kappa shape index (κ2) is 10.3. The van der Waals surface area contributed by atoms with Gasteiger partial charge >= 0.3 is 0 Å². The molecule has 0 aromatic heterocycles. The molecule has 0 bridgehead atoms. The van der Waals surface area contributed by atoms with Gasteiger partial charge in [0, 0.05) is 0 Å². The van der Waals surface area contributed by atoms with Gasteiger partial charge < -0.3 is 0 Å². The molecule has 0 spiro atoms. The molecule has 4 aliphatic rings. The Hall–Kier alpha value is 0. The summed E-state index contributed by atoms with van der Waals surface area (Å²) in [4.78, 5) is 0. The monoisotopic (exact) mass is 390 g/mol. The lowest BCUT2D eigenvalue weighted by Crippen LogP contribution is -2.53. The predicted molar refractivity (Wildman–Crippen MR) is 127 cm³/mol. The van der Waals surface area contributed by atoms with Gasteiger partial charge in [0.15, 0.2) is 0 Å². The van der Waals surface area contributed by atoms with Crippen LogP contribution in [0.4, 0.5) is 0 Å². The minimum absolute atomic E-state index is 0.688. The summed E-state index contributed by atoms with van der Waals surface area (Å²) in [6, 6.07) is 0. The molecule has 4 fully saturated rings. The highest BCUT2D eigenvalue weighted by atomic mass is 14.6. The molecule has 4 rings (SSSR count). The molecule has 0 radical (unpaired) electrons. The first-order chi connectivity index (χ1) is 13.5. The summed E-state index contributed by atoms with van der Waals surface area (Å²) < 4.78 is 0. The lowest BCUT2D eigenvalue weighted by atomic mass is 9.44. The molecule has 4 aliphatic carbocycles. The standard InChI is InChI=1S/C24H42.2C2H6/c1-5-8-17(2)20-12-13-21-19-11-10-18-9-6-7-15-23(18,3)22(19)14-16-24(20,21)4;2*1-2/h17-22H,5-16H2,1-4H3;2*1-2H3/t17-,18?,19?,20?,21?,22?,23?,24?;;/m1../s1. The van der Waals surface area contributed by atoms with E-state index in [2.05, 4.69) is 27.7 Å². The van der Waals surface area contributed by atoms with Gasteiger partial charge in [0.05, 0.1) is 0 Å². The lowest BCUT2D eigenvalue weighted by molar-refractivity contribution is -0.114. The van der Waals surface area contributed by atoms with E-state index in [0.29, 0.717) is 5.41 Å². The highest BCUT2D eigenvalue weighted by Crippen LogP contribution is 2.68. The van der Waals surface area contributed by atoms with E-state index in [4.69, 9.17) is 0 Å². The fourth-order valence-corrected chi connectivity index (χ4v) is 8.93. The summed E-state index contributed by atoms with van der Waals surface area (Å²) in [6.45, 7) is 18.4. The van der Waals surface area contributed by atoms with Crippen LogP contribution >= 0.6 is 0 Å². The molecule has 0 aliphatic heterocycles. The third-order valence-corrected chi connectivity index (χ3v) is 10.1. The van der Waals surface area contributed by atoms with Crippen molar-refractivity contribution in [3.63, 3.8) is 0 Å². The van der Waals surface area contributed by atoms with Crippen LogP contribution in [-0.2, 0) is 0 Å². The predicted octanol–water partition coefficient (Wildman–Crippen LogP) is 9.52. The van der Waals surface area contributed by atoms with Crippen LogP contribution in [-0.4, -0.2) is 0 Å². The first-order valence-electron chi connectivity index (χ1n) is 13.5. The smallest absolute Gasteiger partial charge is 0.0264 e. The third kappa shape index (κ3) is 4.09. The van der Waals surface area contributed by atoms with E-state index in [9.17, 15) is 0 Å². The van der Waals surface area contributed by atoms with Gasteiger partial charge in [-0.25, -0.2) is 0 Å². The molecule has 0 heteroatoms. The molecule has 0 amide bonds. The topological polar surface area (TPSA) is 0 Å². The van der Waals surface area contributed by atoms with Gasteiger partial charge in [0.1, 0.15) is 0 Å². The summed E-state index contributed by atoms with van der Waals surface area (Å²) in [5, 5.41) is 0. The van der Waals surface area contributed by atoms with E-state index < -0.39 is 0 Å². The van der Waals surface area contributed by atoms with Crippen molar-refractivity contribution in [2.45, 2.75) is 132 Å². The second-order valence-electron chi connectivity index (χ2n) is 10.9. The maximum absolute atomic E-state index is 2.73. The van der Waals surface area contributed by atoms with Gasteiger partial charge in [0.2, 0.25) is 0 Å². The van der Waals surface area contributed by atoms with Gasteiger partial charge in [-0.2, -0.15) is 0 Å². The van der Waals surface area contributed by atoms with Gasteiger partial charge in [-0.05, 0) is 97.7 Å². The number of hydrogen-bond acceptors (Lipinski definition) is 0. The Morgan fingerprint density at radius 3 is 2.11 bits per heavy atom. The minimum atomic E-state index is 0.688. The molecular weight excluding hydrogens is 336 g/mol. The van der Waals surface area contributed by atoms with Crippen molar-refractivity contribution < 1.29 is 0 Å². The molecule has 0 heterocycles. The normalized spacial score (nSPS) is 45.2. The van der Waals surface area contributed by atoms with Crippen LogP contribution in [0.15, 0.2) is 0 Å². The van der Waals surface area contributed by atoms with Crippen LogP contribution in [0, 0.1) is 46.3 Å². The first-order valence-corrected chi connectivity index (χ1v) is 13.5. The van der Waals surface area contributed by atoms with Gasteiger partial charge in [-0.15, -0.1) is 0 Å². The molecule has 7 unspecified atom stereocenters. The molecule has 0 aromatic carbocycles. The van der Waals surface area contributed by atoms with Crippen LogP contribution in [0.2, 0.25) is 0 Å². The Balaban J connectivity index is 0.000000660. The maximum atomic E-state index is 2.73. The van der Waals surface area contributed by atoms with Crippen molar-refractivity contribution >= 4 is 0 Å². The number of fused-ring (bicyclic) bond motifs is 5. The maximum Gasteiger partial charge on any atom is -0.0264 e. The quantitative estimate of drug-likeness (QED) is 0.450. The Morgan fingerprint density at radius 1 is 0.750 bits per heavy atom. The Morgan fingerprint density at radius 2 is 1.43 bits per heavy atom. The van der Waals surface area contributed by atoms with Crippen LogP contribution in [0.3, 0.4) is 0 Å². The third-order valence-electron chi connectivity index (χ3n) is 10.1. The van der Waals surface area contributed by atoms with Crippen molar-refractivity contribution in [1.29, 1.82) is 0 Å². The zero-order valence-corrected chi connectivity index (χ0v) is 20.9. The molecule has 0 N–H and O–H groups in total. The van der Waals surface area contributed by atoms with E-state index in [0.717, 1.165) is 40.9 Å². The van der Waals surface area contributed by atoms with Crippen LogP contribution in [0.1, 0.15) is 132 Å². The minimum Gasteiger partial charge on any atom is -0.0683 e. The van der Waals surface area contributed by atoms with Crippen molar-refractivity contribution in [3.05, 3.63) is 0 Å². The SMILES string of the molecule is CC.CC.CCC[C@@H](C)C1CCC2C3CCC4CCCCC4(C)C3CCC21C. The Kier molecular flexibility index (Phi) is 8.97. The molecule has 4 saturated carbocycles. The van der Waals surface area contributed by atoms with E-state index in [1.54, 1.807) is 51.4 Å². The van der Waals surface area contributed by atoms with Crippen molar-refractivity contribution in [1.82, 2.24) is 0 Å². The average molecular weight is 391 g/mol. The van der Waals surface area contributed by atoms with E-state index in [1.165, 1.54) is 25.7 Å². The molecule has 0 nitrogen and oxygen atoms in total. The second-order valence-corrected chi connectivity index (χ2v) is 10.9. The van der Waals surface area contributed by atoms with E-state index >= 15 is 0 Å². The van der Waals surface area contributed by atoms with E-state index in [-0.39, 0.29) is 0 Å². The lowest BCUT2D eigenvalue weighted by Gasteiger charge is -2.61. The molecule has 0 saturated heterocycles. The summed E-state index contributed by atoms with van der Waals surface area (Å²) in [7, 11) is 0. The van der Waals surface area contributed by atoms with Crippen LogP contribution in [0.5, 0.6) is 0 Å². The van der Waals surface area contributed by atoms with Crippen molar-refractivity contribution in [3.8, 4) is 0 Å². The van der Waals surface area contributed by atoms with Crippen molar-refractivity contribution in [2.75, 3.05) is 0 Å². The zero-order chi connectivity index (χ0) is 20.9. The average Bonchev–Trinajstić information content (AvgIpc) is 3.08.